The van der Waals surface area contributed by atoms with Crippen LogP contribution in [0.1, 0.15) is 31.4 Å². The number of guanidine groups is 1. The van der Waals surface area contributed by atoms with Crippen molar-refractivity contribution in [1.82, 2.24) is 5.32 Å². The van der Waals surface area contributed by atoms with Gasteiger partial charge in [-0.3, -0.25) is 0 Å². The molecule has 0 heterocycles. The second kappa shape index (κ2) is 10.0. The molecule has 1 aromatic rings. The van der Waals surface area contributed by atoms with Crippen molar-refractivity contribution < 1.29 is 9.47 Å². The first-order valence-corrected chi connectivity index (χ1v) is 7.51. The molecule has 3 N–H and O–H groups in total. The van der Waals surface area contributed by atoms with Crippen molar-refractivity contribution in [2.45, 2.75) is 33.7 Å². The normalized spacial score (nSPS) is 11.5. The van der Waals surface area contributed by atoms with Crippen LogP contribution in [0, 0.1) is 6.92 Å². The highest BCUT2D eigenvalue weighted by molar-refractivity contribution is 5.77. The smallest absolute Gasteiger partial charge is 0.188 e. The molecule has 21 heavy (non-hydrogen) atoms. The van der Waals surface area contributed by atoms with E-state index in [9.17, 15) is 0 Å². The molecule has 5 heteroatoms. The van der Waals surface area contributed by atoms with E-state index in [1.54, 1.807) is 0 Å². The van der Waals surface area contributed by atoms with E-state index < -0.39 is 0 Å². The van der Waals surface area contributed by atoms with E-state index in [-0.39, 0.29) is 0 Å². The highest BCUT2D eigenvalue weighted by atomic mass is 16.5. The number of aliphatic imine (C=N–C) groups is 1. The second-order valence-electron chi connectivity index (χ2n) is 4.71. The standard InChI is InChI=1S/C16H27N3O2/c1-4-20-10-6-9-18-16(17)19-12-14-7-8-15(21-5-2)13(3)11-14/h7-8,11H,4-6,9-10,12H2,1-3H3,(H3,17,18,19). The van der Waals surface area contributed by atoms with Crippen LogP contribution in [0.15, 0.2) is 23.2 Å². The Morgan fingerprint density at radius 2 is 2.10 bits per heavy atom. The Labute approximate surface area is 127 Å². The molecule has 0 radical (unpaired) electrons. The molecule has 0 aromatic heterocycles. The van der Waals surface area contributed by atoms with Crippen molar-refractivity contribution >= 4 is 5.96 Å². The van der Waals surface area contributed by atoms with Crippen molar-refractivity contribution in [3.63, 3.8) is 0 Å². The molecule has 0 aliphatic rings. The van der Waals surface area contributed by atoms with Crippen LogP contribution in [0.4, 0.5) is 0 Å². The van der Waals surface area contributed by atoms with E-state index >= 15 is 0 Å². The van der Waals surface area contributed by atoms with Gasteiger partial charge in [0, 0.05) is 19.8 Å². The monoisotopic (exact) mass is 293 g/mol. The fourth-order valence-electron chi connectivity index (χ4n) is 1.89. The van der Waals surface area contributed by atoms with E-state index in [2.05, 4.69) is 16.4 Å². The van der Waals surface area contributed by atoms with Gasteiger partial charge >= 0.3 is 0 Å². The minimum atomic E-state index is 0.470. The molecule has 0 aliphatic carbocycles. The van der Waals surface area contributed by atoms with Crippen LogP contribution < -0.4 is 15.8 Å². The lowest BCUT2D eigenvalue weighted by Gasteiger charge is -2.09. The van der Waals surface area contributed by atoms with Crippen molar-refractivity contribution in [3.8, 4) is 5.75 Å². The maximum absolute atomic E-state index is 5.83. The van der Waals surface area contributed by atoms with Gasteiger partial charge in [-0.25, -0.2) is 4.99 Å². The highest BCUT2D eigenvalue weighted by Crippen LogP contribution is 2.19. The summed E-state index contributed by atoms with van der Waals surface area (Å²) in [5, 5.41) is 3.08. The molecule has 0 amide bonds. The molecule has 0 aliphatic heterocycles. The Morgan fingerprint density at radius 3 is 2.76 bits per heavy atom. The molecule has 1 aromatic carbocycles. The van der Waals surface area contributed by atoms with Gasteiger partial charge in [0.05, 0.1) is 13.2 Å². The number of nitrogens with zero attached hydrogens (tertiary/aromatic N) is 1. The van der Waals surface area contributed by atoms with Crippen LogP contribution in [0.25, 0.3) is 0 Å². The molecule has 0 spiro atoms. The minimum Gasteiger partial charge on any atom is -0.494 e. The lowest BCUT2D eigenvalue weighted by Crippen LogP contribution is -2.32. The molecule has 0 saturated carbocycles. The quantitative estimate of drug-likeness (QED) is 0.416. The molecule has 0 unspecified atom stereocenters. The molecule has 0 fully saturated rings. The Balaban J connectivity index is 2.38. The molecule has 0 bridgehead atoms. The summed E-state index contributed by atoms with van der Waals surface area (Å²) in [6.45, 7) is 9.52. The maximum Gasteiger partial charge on any atom is 0.188 e. The average molecular weight is 293 g/mol. The molecule has 5 nitrogen and oxygen atoms in total. The van der Waals surface area contributed by atoms with Crippen LogP contribution >= 0.6 is 0 Å². The van der Waals surface area contributed by atoms with Gasteiger partial charge in [-0.05, 0) is 44.4 Å². The van der Waals surface area contributed by atoms with Crippen LogP contribution in [0.2, 0.25) is 0 Å². The minimum absolute atomic E-state index is 0.470. The summed E-state index contributed by atoms with van der Waals surface area (Å²) in [5.41, 5.74) is 8.06. The third-order valence-electron chi connectivity index (χ3n) is 2.95. The number of benzene rings is 1. The number of rotatable bonds is 9. The van der Waals surface area contributed by atoms with Gasteiger partial charge in [-0.15, -0.1) is 0 Å². The third kappa shape index (κ3) is 6.99. The maximum atomic E-state index is 5.83. The van der Waals surface area contributed by atoms with Crippen molar-refractivity contribution in [1.29, 1.82) is 0 Å². The first-order chi connectivity index (χ1) is 10.2. The molecule has 0 atom stereocenters. The lowest BCUT2D eigenvalue weighted by molar-refractivity contribution is 0.145. The zero-order chi connectivity index (χ0) is 15.5. The summed E-state index contributed by atoms with van der Waals surface area (Å²) in [6.07, 6.45) is 0.923. The van der Waals surface area contributed by atoms with Gasteiger partial charge in [-0.1, -0.05) is 12.1 Å². The fourth-order valence-corrected chi connectivity index (χ4v) is 1.89. The van der Waals surface area contributed by atoms with E-state index in [0.717, 1.165) is 43.1 Å². The summed E-state index contributed by atoms with van der Waals surface area (Å²) in [6, 6.07) is 6.08. The number of hydrogen-bond acceptors (Lipinski definition) is 3. The predicted octanol–water partition coefficient (Wildman–Crippen LogP) is 2.22. The van der Waals surface area contributed by atoms with Crippen LogP contribution in [-0.2, 0) is 11.3 Å². The number of nitrogens with one attached hydrogen (secondary N) is 1. The number of hydrogen-bond donors (Lipinski definition) is 2. The van der Waals surface area contributed by atoms with E-state index in [1.807, 2.05) is 32.9 Å². The Bertz CT molecular complexity index is 447. The van der Waals surface area contributed by atoms with Gasteiger partial charge in [-0.2, -0.15) is 0 Å². The van der Waals surface area contributed by atoms with E-state index in [0.29, 0.717) is 19.1 Å². The molecule has 1 rings (SSSR count). The Morgan fingerprint density at radius 1 is 1.29 bits per heavy atom. The second-order valence-corrected chi connectivity index (χ2v) is 4.71. The summed E-state index contributed by atoms with van der Waals surface area (Å²) in [4.78, 5) is 4.33. The van der Waals surface area contributed by atoms with Gasteiger partial charge < -0.3 is 20.5 Å². The van der Waals surface area contributed by atoms with Gasteiger partial charge in [0.15, 0.2) is 5.96 Å². The Hall–Kier alpha value is -1.75. The van der Waals surface area contributed by atoms with Crippen LogP contribution in [0.3, 0.4) is 0 Å². The van der Waals surface area contributed by atoms with Crippen LogP contribution in [-0.4, -0.2) is 32.3 Å². The summed E-state index contributed by atoms with van der Waals surface area (Å²) < 4.78 is 10.8. The van der Waals surface area contributed by atoms with Crippen LogP contribution in [0.5, 0.6) is 5.75 Å². The lowest BCUT2D eigenvalue weighted by atomic mass is 10.1. The number of ether oxygens (including phenoxy) is 2. The highest BCUT2D eigenvalue weighted by Gasteiger charge is 2.00. The summed E-state index contributed by atoms with van der Waals surface area (Å²) >= 11 is 0. The molecular formula is C16H27N3O2. The fraction of sp³-hybridized carbons (Fsp3) is 0.562. The number of aryl methyl sites for hydroxylation is 1. The van der Waals surface area contributed by atoms with E-state index in [4.69, 9.17) is 15.2 Å². The summed E-state index contributed by atoms with van der Waals surface area (Å²) in [5.74, 6) is 1.39. The SMILES string of the molecule is CCOCCCNC(N)=NCc1ccc(OCC)c(C)c1. The predicted molar refractivity (Wildman–Crippen MR) is 86.8 cm³/mol. The van der Waals surface area contributed by atoms with Gasteiger partial charge in [0.25, 0.3) is 0 Å². The molecule has 0 saturated heterocycles. The third-order valence-corrected chi connectivity index (χ3v) is 2.95. The topological polar surface area (TPSA) is 68.9 Å². The van der Waals surface area contributed by atoms with Crippen molar-refractivity contribution in [2.24, 2.45) is 10.7 Å². The van der Waals surface area contributed by atoms with Crippen molar-refractivity contribution in [2.75, 3.05) is 26.4 Å². The molecular weight excluding hydrogens is 266 g/mol. The Kier molecular flexibility index (Phi) is 8.28. The first kappa shape index (κ1) is 17.3. The van der Waals surface area contributed by atoms with Gasteiger partial charge in [0.1, 0.15) is 5.75 Å². The number of nitrogens with two attached hydrogens (primary N) is 1. The summed E-state index contributed by atoms with van der Waals surface area (Å²) in [7, 11) is 0. The average Bonchev–Trinajstić information content (AvgIpc) is 2.47. The van der Waals surface area contributed by atoms with Gasteiger partial charge in [0.2, 0.25) is 0 Å². The first-order valence-electron chi connectivity index (χ1n) is 7.51. The zero-order valence-corrected chi connectivity index (χ0v) is 13.3. The zero-order valence-electron chi connectivity index (χ0n) is 13.3. The largest absolute Gasteiger partial charge is 0.494 e. The molecule has 118 valence electrons. The van der Waals surface area contributed by atoms with Crippen molar-refractivity contribution in [3.05, 3.63) is 29.3 Å². The van der Waals surface area contributed by atoms with E-state index in [1.165, 1.54) is 0 Å².